The summed E-state index contributed by atoms with van der Waals surface area (Å²) in [6, 6.07) is -0.359. The minimum atomic E-state index is -0.444. The molecule has 1 fully saturated rings. The highest BCUT2D eigenvalue weighted by Gasteiger charge is 2.47. The average molecular weight is 222 g/mol. The van der Waals surface area contributed by atoms with E-state index in [1.807, 2.05) is 13.0 Å². The summed E-state index contributed by atoms with van der Waals surface area (Å²) < 4.78 is 0. The minimum Gasteiger partial charge on any atom is -0.349 e. The average Bonchev–Trinajstić information content (AvgIpc) is 2.40. The molecule has 0 aromatic rings. The zero-order valence-corrected chi connectivity index (χ0v) is 9.24. The largest absolute Gasteiger partial charge is 0.349 e. The van der Waals surface area contributed by atoms with Gasteiger partial charge < -0.3 is 5.32 Å². The second kappa shape index (κ2) is 3.73. The quantitative estimate of drug-likeness (QED) is 0.473. The zero-order chi connectivity index (χ0) is 11.9. The molecule has 3 atom stereocenters. The number of fused-ring (bicyclic) bond motifs is 1. The molecular weight excluding hydrogens is 208 g/mol. The molecule has 86 valence electrons. The van der Waals surface area contributed by atoms with Gasteiger partial charge in [-0.25, -0.2) is 0 Å². The van der Waals surface area contributed by atoms with E-state index in [-0.39, 0.29) is 29.7 Å². The third-order valence-corrected chi connectivity index (χ3v) is 3.08. The van der Waals surface area contributed by atoms with Gasteiger partial charge in [0, 0.05) is 6.92 Å². The lowest BCUT2D eigenvalue weighted by Crippen LogP contribution is -2.45. The Bertz CT molecular complexity index is 400. The van der Waals surface area contributed by atoms with Crippen molar-refractivity contribution in [3.63, 3.8) is 0 Å². The highest BCUT2D eigenvalue weighted by molar-refractivity contribution is 6.06. The van der Waals surface area contributed by atoms with Crippen LogP contribution in [0.5, 0.6) is 0 Å². The van der Waals surface area contributed by atoms with Crippen molar-refractivity contribution >= 4 is 17.7 Å². The van der Waals surface area contributed by atoms with Crippen LogP contribution in [0, 0.1) is 11.8 Å². The van der Waals surface area contributed by atoms with E-state index >= 15 is 0 Å². The Kier molecular flexibility index (Phi) is 2.53. The fourth-order valence-electron chi connectivity index (χ4n) is 2.47. The summed E-state index contributed by atoms with van der Waals surface area (Å²) in [5, 5.41) is 5.03. The van der Waals surface area contributed by atoms with Crippen molar-refractivity contribution in [2.24, 2.45) is 11.8 Å². The summed E-state index contributed by atoms with van der Waals surface area (Å²) >= 11 is 0. The van der Waals surface area contributed by atoms with Crippen molar-refractivity contribution in [3.8, 4) is 0 Å². The fourth-order valence-corrected chi connectivity index (χ4v) is 2.47. The molecule has 0 aromatic carbocycles. The zero-order valence-electron chi connectivity index (χ0n) is 9.24. The molecule has 1 heterocycles. The van der Waals surface area contributed by atoms with Crippen LogP contribution in [0.4, 0.5) is 0 Å². The van der Waals surface area contributed by atoms with Gasteiger partial charge in [0.1, 0.15) is 0 Å². The molecule has 1 aliphatic heterocycles. The Labute approximate surface area is 93.3 Å². The molecule has 0 aromatic heterocycles. The van der Waals surface area contributed by atoms with Gasteiger partial charge in [0.2, 0.25) is 17.7 Å². The van der Waals surface area contributed by atoms with Crippen LogP contribution in [0.3, 0.4) is 0 Å². The summed E-state index contributed by atoms with van der Waals surface area (Å²) in [5.41, 5.74) is 1.03. The molecule has 2 rings (SSSR count). The van der Waals surface area contributed by atoms with Gasteiger partial charge in [-0.05, 0) is 13.3 Å². The van der Waals surface area contributed by atoms with Gasteiger partial charge in [-0.2, -0.15) is 0 Å². The number of carbonyl (C=O) groups is 3. The Morgan fingerprint density at radius 3 is 2.75 bits per heavy atom. The summed E-state index contributed by atoms with van der Waals surface area (Å²) in [6.45, 7) is 3.31. The molecule has 3 amide bonds. The standard InChI is InChI=1S/C11H14N2O3/c1-5-3-7-9(11(16)13-10(7)15)8(4-5)12-6(2)14/h4,7-9H,3H2,1-2H3,(H,12,14)(H,13,15,16)/t7-,8?,9-/m0/s1. The minimum absolute atomic E-state index is 0.193. The summed E-state index contributed by atoms with van der Waals surface area (Å²) in [7, 11) is 0. The Hall–Kier alpha value is -1.65. The van der Waals surface area contributed by atoms with Gasteiger partial charge in [-0.1, -0.05) is 11.6 Å². The number of hydrogen-bond donors (Lipinski definition) is 2. The van der Waals surface area contributed by atoms with Crippen molar-refractivity contribution in [2.45, 2.75) is 26.3 Å². The molecule has 16 heavy (non-hydrogen) atoms. The van der Waals surface area contributed by atoms with Gasteiger partial charge in [-0.3, -0.25) is 19.7 Å². The van der Waals surface area contributed by atoms with Gasteiger partial charge in [0.15, 0.2) is 0 Å². The first-order chi connectivity index (χ1) is 7.49. The molecule has 1 saturated heterocycles. The second-order valence-electron chi connectivity index (χ2n) is 4.43. The van der Waals surface area contributed by atoms with Crippen molar-refractivity contribution in [1.82, 2.24) is 10.6 Å². The molecule has 2 N–H and O–H groups in total. The molecule has 1 unspecified atom stereocenters. The van der Waals surface area contributed by atoms with E-state index < -0.39 is 5.92 Å². The lowest BCUT2D eigenvalue weighted by atomic mass is 9.78. The molecule has 0 radical (unpaired) electrons. The lowest BCUT2D eigenvalue weighted by Gasteiger charge is -2.28. The van der Waals surface area contributed by atoms with Crippen LogP contribution in [0.2, 0.25) is 0 Å². The molecule has 1 aliphatic carbocycles. The van der Waals surface area contributed by atoms with Crippen LogP contribution < -0.4 is 10.6 Å². The van der Waals surface area contributed by atoms with E-state index in [0.717, 1.165) is 5.57 Å². The van der Waals surface area contributed by atoms with Crippen molar-refractivity contribution in [2.75, 3.05) is 0 Å². The van der Waals surface area contributed by atoms with Crippen LogP contribution >= 0.6 is 0 Å². The van der Waals surface area contributed by atoms with Crippen LogP contribution in [0.1, 0.15) is 20.3 Å². The number of amides is 3. The number of imide groups is 1. The Morgan fingerprint density at radius 1 is 1.44 bits per heavy atom. The smallest absolute Gasteiger partial charge is 0.232 e. The van der Waals surface area contributed by atoms with E-state index in [1.54, 1.807) is 0 Å². The van der Waals surface area contributed by atoms with E-state index in [9.17, 15) is 14.4 Å². The van der Waals surface area contributed by atoms with E-state index in [2.05, 4.69) is 10.6 Å². The van der Waals surface area contributed by atoms with Gasteiger partial charge in [0.05, 0.1) is 17.9 Å². The molecule has 0 saturated carbocycles. The molecule has 5 nitrogen and oxygen atoms in total. The molecule has 5 heteroatoms. The third-order valence-electron chi connectivity index (χ3n) is 3.08. The predicted molar refractivity (Wildman–Crippen MR) is 56.1 cm³/mol. The van der Waals surface area contributed by atoms with Gasteiger partial charge in [0.25, 0.3) is 0 Å². The maximum atomic E-state index is 11.6. The molecular formula is C11H14N2O3. The molecule has 0 bridgehead atoms. The van der Waals surface area contributed by atoms with E-state index in [0.29, 0.717) is 6.42 Å². The van der Waals surface area contributed by atoms with Crippen LogP contribution in [0.15, 0.2) is 11.6 Å². The summed E-state index contributed by atoms with van der Waals surface area (Å²) in [5.74, 6) is -1.47. The monoisotopic (exact) mass is 222 g/mol. The summed E-state index contributed by atoms with van der Waals surface area (Å²) in [6.07, 6.45) is 2.46. The van der Waals surface area contributed by atoms with Crippen LogP contribution in [-0.2, 0) is 14.4 Å². The first-order valence-electron chi connectivity index (χ1n) is 5.28. The maximum Gasteiger partial charge on any atom is 0.232 e. The number of nitrogens with one attached hydrogen (secondary N) is 2. The van der Waals surface area contributed by atoms with E-state index in [4.69, 9.17) is 0 Å². The van der Waals surface area contributed by atoms with Crippen LogP contribution in [-0.4, -0.2) is 23.8 Å². The van der Waals surface area contributed by atoms with Crippen molar-refractivity contribution < 1.29 is 14.4 Å². The predicted octanol–water partition coefficient (Wildman–Crippen LogP) is -0.270. The Balaban J connectivity index is 2.29. The van der Waals surface area contributed by atoms with Gasteiger partial charge in [-0.15, -0.1) is 0 Å². The SMILES string of the molecule is CC(=O)NC1C=C(C)C[C@@H]2C(=O)NC(=O)[C@H]12. The first-order valence-corrected chi connectivity index (χ1v) is 5.28. The van der Waals surface area contributed by atoms with Crippen LogP contribution in [0.25, 0.3) is 0 Å². The number of allylic oxidation sites excluding steroid dienone is 1. The first kappa shape index (κ1) is 10.9. The van der Waals surface area contributed by atoms with Gasteiger partial charge >= 0.3 is 0 Å². The van der Waals surface area contributed by atoms with E-state index in [1.165, 1.54) is 6.92 Å². The summed E-state index contributed by atoms with van der Waals surface area (Å²) in [4.78, 5) is 34.2. The third kappa shape index (κ3) is 1.73. The van der Waals surface area contributed by atoms with Crippen molar-refractivity contribution in [1.29, 1.82) is 0 Å². The Morgan fingerprint density at radius 2 is 2.12 bits per heavy atom. The maximum absolute atomic E-state index is 11.6. The number of hydrogen-bond acceptors (Lipinski definition) is 3. The highest BCUT2D eigenvalue weighted by Crippen LogP contribution is 2.33. The number of carbonyl (C=O) groups excluding carboxylic acids is 3. The topological polar surface area (TPSA) is 75.3 Å². The lowest BCUT2D eigenvalue weighted by molar-refractivity contribution is -0.126. The normalized spacial score (nSPS) is 32.9. The molecule has 2 aliphatic rings. The second-order valence-corrected chi connectivity index (χ2v) is 4.43. The fraction of sp³-hybridized carbons (Fsp3) is 0.545. The van der Waals surface area contributed by atoms with Crippen molar-refractivity contribution in [3.05, 3.63) is 11.6 Å². The highest BCUT2D eigenvalue weighted by atomic mass is 16.2. The number of rotatable bonds is 1. The molecule has 0 spiro atoms.